The van der Waals surface area contributed by atoms with Gasteiger partial charge in [0.25, 0.3) is 0 Å². The van der Waals surface area contributed by atoms with Crippen molar-refractivity contribution in [2.45, 2.75) is 39.0 Å². The Morgan fingerprint density at radius 2 is 1.48 bits per heavy atom. The minimum Gasteiger partial charge on any atom is -0.356 e. The monoisotopic (exact) mass is 364 g/mol. The van der Waals surface area contributed by atoms with Gasteiger partial charge in [-0.05, 0) is 39.0 Å². The summed E-state index contributed by atoms with van der Waals surface area (Å²) in [5, 5.41) is 0. The van der Waals surface area contributed by atoms with Gasteiger partial charge in [0, 0.05) is 43.7 Å². The van der Waals surface area contributed by atoms with Crippen LogP contribution in [0.1, 0.15) is 48.0 Å². The zero-order chi connectivity index (χ0) is 18.6. The van der Waals surface area contributed by atoms with Crippen molar-refractivity contribution in [3.05, 3.63) is 47.8 Å². The molecule has 0 aliphatic carbocycles. The fourth-order valence-electron chi connectivity index (χ4n) is 4.13. The number of Topliss-reactive ketones (excluding diaryl/α,β-unsaturated/α-hetero) is 1. The van der Waals surface area contributed by atoms with E-state index in [-0.39, 0.29) is 11.7 Å². The molecule has 2 saturated heterocycles. The summed E-state index contributed by atoms with van der Waals surface area (Å²) >= 11 is 0. The average Bonchev–Trinajstić information content (AvgIpc) is 2.75. The molecule has 0 atom stereocenters. The number of carbonyl (C=O) groups excluding carboxylic acids is 1. The SMILES string of the molecule is Cc1ccc(C(=O)C2CCN(c3cc(N4CCCCC4)ncn3)CC2)cc1. The van der Waals surface area contributed by atoms with Crippen LogP contribution in [0.25, 0.3) is 0 Å². The number of aromatic nitrogens is 2. The van der Waals surface area contributed by atoms with Gasteiger partial charge in [0.05, 0.1) is 0 Å². The highest BCUT2D eigenvalue weighted by molar-refractivity contribution is 5.98. The van der Waals surface area contributed by atoms with Crippen molar-refractivity contribution in [2.75, 3.05) is 36.0 Å². The lowest BCUT2D eigenvalue weighted by atomic mass is 9.88. The van der Waals surface area contributed by atoms with Gasteiger partial charge in [0.2, 0.25) is 0 Å². The molecule has 0 saturated carbocycles. The van der Waals surface area contributed by atoms with Crippen molar-refractivity contribution in [3.8, 4) is 0 Å². The Morgan fingerprint density at radius 3 is 2.11 bits per heavy atom. The second-order valence-corrected chi connectivity index (χ2v) is 7.77. The van der Waals surface area contributed by atoms with E-state index in [1.54, 1.807) is 6.33 Å². The van der Waals surface area contributed by atoms with Gasteiger partial charge >= 0.3 is 0 Å². The summed E-state index contributed by atoms with van der Waals surface area (Å²) in [6.07, 6.45) is 7.25. The third-order valence-electron chi connectivity index (χ3n) is 5.84. The van der Waals surface area contributed by atoms with Gasteiger partial charge in [-0.3, -0.25) is 4.79 Å². The zero-order valence-electron chi connectivity index (χ0n) is 16.1. The molecule has 1 aromatic heterocycles. The first-order valence-electron chi connectivity index (χ1n) is 10.1. The first kappa shape index (κ1) is 18.0. The van der Waals surface area contributed by atoms with Gasteiger partial charge < -0.3 is 9.80 Å². The van der Waals surface area contributed by atoms with Gasteiger partial charge in [-0.15, -0.1) is 0 Å². The van der Waals surface area contributed by atoms with Crippen molar-refractivity contribution in [2.24, 2.45) is 5.92 Å². The first-order chi connectivity index (χ1) is 13.2. The lowest BCUT2D eigenvalue weighted by molar-refractivity contribution is 0.0900. The summed E-state index contributed by atoms with van der Waals surface area (Å²) in [6.45, 7) is 5.97. The van der Waals surface area contributed by atoms with Crippen LogP contribution in [0.15, 0.2) is 36.7 Å². The van der Waals surface area contributed by atoms with E-state index in [2.05, 4.69) is 25.8 Å². The highest BCUT2D eigenvalue weighted by Gasteiger charge is 2.26. The van der Waals surface area contributed by atoms with Crippen LogP contribution < -0.4 is 9.80 Å². The predicted molar refractivity (Wildman–Crippen MR) is 109 cm³/mol. The molecular weight excluding hydrogens is 336 g/mol. The highest BCUT2D eigenvalue weighted by Crippen LogP contribution is 2.27. The standard InChI is InChI=1S/C22H28N4O/c1-17-5-7-18(8-6-17)22(27)19-9-13-26(14-10-19)21-15-20(23-16-24-21)25-11-3-2-4-12-25/h5-8,15-16,19H,2-4,9-14H2,1H3. The normalized spacial score (nSPS) is 18.6. The topological polar surface area (TPSA) is 49.3 Å². The summed E-state index contributed by atoms with van der Waals surface area (Å²) in [6, 6.07) is 10.1. The van der Waals surface area contributed by atoms with E-state index in [1.165, 1.54) is 24.8 Å². The Kier molecular flexibility index (Phi) is 5.37. The Hall–Kier alpha value is -2.43. The van der Waals surface area contributed by atoms with E-state index in [0.29, 0.717) is 0 Å². The van der Waals surface area contributed by atoms with E-state index >= 15 is 0 Å². The van der Waals surface area contributed by atoms with Crippen LogP contribution in [0.4, 0.5) is 11.6 Å². The Bertz CT molecular complexity index is 775. The third kappa shape index (κ3) is 4.12. The smallest absolute Gasteiger partial charge is 0.166 e. The molecule has 4 rings (SSSR count). The van der Waals surface area contributed by atoms with Crippen LogP contribution in [0, 0.1) is 12.8 Å². The van der Waals surface area contributed by atoms with Crippen molar-refractivity contribution in [3.63, 3.8) is 0 Å². The Morgan fingerprint density at radius 1 is 0.889 bits per heavy atom. The number of ketones is 1. The average molecular weight is 364 g/mol. The highest BCUT2D eigenvalue weighted by atomic mass is 16.1. The molecule has 0 spiro atoms. The molecule has 0 unspecified atom stereocenters. The minimum absolute atomic E-state index is 0.118. The quantitative estimate of drug-likeness (QED) is 0.771. The molecule has 2 fully saturated rings. The number of benzene rings is 1. The molecular formula is C22H28N4O. The second-order valence-electron chi connectivity index (χ2n) is 7.77. The molecule has 0 radical (unpaired) electrons. The first-order valence-corrected chi connectivity index (χ1v) is 10.1. The largest absolute Gasteiger partial charge is 0.356 e. The van der Waals surface area contributed by atoms with Crippen molar-refractivity contribution in [1.29, 1.82) is 0 Å². The van der Waals surface area contributed by atoms with Crippen molar-refractivity contribution < 1.29 is 4.79 Å². The van der Waals surface area contributed by atoms with E-state index in [9.17, 15) is 4.79 Å². The second kappa shape index (κ2) is 8.07. The molecule has 0 bridgehead atoms. The fraction of sp³-hybridized carbons (Fsp3) is 0.500. The molecule has 0 amide bonds. The molecule has 5 nitrogen and oxygen atoms in total. The van der Waals surface area contributed by atoms with E-state index in [1.807, 2.05) is 31.2 Å². The molecule has 2 aromatic rings. The van der Waals surface area contributed by atoms with E-state index in [0.717, 1.165) is 56.2 Å². The van der Waals surface area contributed by atoms with Gasteiger partial charge in [-0.2, -0.15) is 0 Å². The van der Waals surface area contributed by atoms with E-state index < -0.39 is 0 Å². The van der Waals surface area contributed by atoms with Gasteiger partial charge in [0.15, 0.2) is 5.78 Å². The van der Waals surface area contributed by atoms with Crippen LogP contribution in [0.3, 0.4) is 0 Å². The van der Waals surface area contributed by atoms with Crippen LogP contribution in [0.2, 0.25) is 0 Å². The number of anilines is 2. The summed E-state index contributed by atoms with van der Waals surface area (Å²) < 4.78 is 0. The summed E-state index contributed by atoms with van der Waals surface area (Å²) in [5.41, 5.74) is 2.03. The number of hydrogen-bond donors (Lipinski definition) is 0. The van der Waals surface area contributed by atoms with Crippen LogP contribution in [0.5, 0.6) is 0 Å². The molecule has 0 N–H and O–H groups in total. The molecule has 2 aliphatic heterocycles. The maximum absolute atomic E-state index is 12.8. The van der Waals surface area contributed by atoms with Crippen molar-refractivity contribution >= 4 is 17.4 Å². The van der Waals surface area contributed by atoms with E-state index in [4.69, 9.17) is 0 Å². The molecule has 3 heterocycles. The number of piperidine rings is 2. The lowest BCUT2D eigenvalue weighted by Gasteiger charge is -2.33. The number of hydrogen-bond acceptors (Lipinski definition) is 5. The minimum atomic E-state index is 0.118. The summed E-state index contributed by atoms with van der Waals surface area (Å²) in [7, 11) is 0. The number of aryl methyl sites for hydroxylation is 1. The van der Waals surface area contributed by atoms with Gasteiger partial charge in [-0.1, -0.05) is 29.8 Å². The maximum atomic E-state index is 12.8. The van der Waals surface area contributed by atoms with Crippen LogP contribution >= 0.6 is 0 Å². The third-order valence-corrected chi connectivity index (χ3v) is 5.84. The maximum Gasteiger partial charge on any atom is 0.166 e. The summed E-state index contributed by atoms with van der Waals surface area (Å²) in [4.78, 5) is 26.4. The number of carbonyl (C=O) groups is 1. The molecule has 1 aromatic carbocycles. The van der Waals surface area contributed by atoms with Gasteiger partial charge in [-0.25, -0.2) is 9.97 Å². The Labute approximate surface area is 161 Å². The number of rotatable bonds is 4. The van der Waals surface area contributed by atoms with Crippen LogP contribution in [-0.2, 0) is 0 Å². The molecule has 27 heavy (non-hydrogen) atoms. The molecule has 142 valence electrons. The lowest BCUT2D eigenvalue weighted by Crippen LogP contribution is -2.37. The van der Waals surface area contributed by atoms with Gasteiger partial charge in [0.1, 0.15) is 18.0 Å². The molecule has 5 heteroatoms. The van der Waals surface area contributed by atoms with Crippen LogP contribution in [-0.4, -0.2) is 41.9 Å². The zero-order valence-corrected chi connectivity index (χ0v) is 16.1. The molecule has 2 aliphatic rings. The predicted octanol–water partition coefficient (Wildman–Crippen LogP) is 3.87. The van der Waals surface area contributed by atoms with Crippen molar-refractivity contribution in [1.82, 2.24) is 9.97 Å². The Balaban J connectivity index is 1.39. The fourth-order valence-corrected chi connectivity index (χ4v) is 4.13. The number of nitrogens with zero attached hydrogens (tertiary/aromatic N) is 4. The summed E-state index contributed by atoms with van der Waals surface area (Å²) in [5.74, 6) is 2.43.